The van der Waals surface area contributed by atoms with Crippen molar-refractivity contribution >= 4 is 6.03 Å². The molecule has 2 N–H and O–H groups in total. The van der Waals surface area contributed by atoms with Gasteiger partial charge in [0.25, 0.3) is 0 Å². The molecule has 132 valence electrons. The van der Waals surface area contributed by atoms with E-state index in [1.165, 1.54) is 12.1 Å². The number of carbonyl (C=O) groups is 1. The molecule has 0 spiro atoms. The first kappa shape index (κ1) is 17.1. The Morgan fingerprint density at radius 2 is 1.96 bits per heavy atom. The second kappa shape index (κ2) is 7.42. The number of hydrogen-bond acceptors (Lipinski definition) is 3. The van der Waals surface area contributed by atoms with Gasteiger partial charge in [0.15, 0.2) is 11.5 Å². The lowest BCUT2D eigenvalue weighted by atomic mass is 10.1. The van der Waals surface area contributed by atoms with E-state index in [1.54, 1.807) is 26.4 Å². The van der Waals surface area contributed by atoms with Gasteiger partial charge >= 0.3 is 6.03 Å². The summed E-state index contributed by atoms with van der Waals surface area (Å²) in [7, 11) is 3.15. The summed E-state index contributed by atoms with van der Waals surface area (Å²) in [5, 5.41) is 5.74. The summed E-state index contributed by atoms with van der Waals surface area (Å²) in [4.78, 5) is 12.0. The first-order valence-electron chi connectivity index (χ1n) is 8.11. The number of hydrogen-bond donors (Lipinski definition) is 2. The van der Waals surface area contributed by atoms with Crippen LogP contribution in [0.5, 0.6) is 11.5 Å². The molecule has 0 radical (unpaired) electrons. The van der Waals surface area contributed by atoms with Gasteiger partial charge in [0.2, 0.25) is 0 Å². The normalized spacial score (nSPS) is 18.4. The van der Waals surface area contributed by atoms with Crippen LogP contribution in [0.4, 0.5) is 9.18 Å². The molecule has 1 aliphatic rings. The van der Waals surface area contributed by atoms with E-state index >= 15 is 0 Å². The van der Waals surface area contributed by atoms with Crippen molar-refractivity contribution in [3.63, 3.8) is 0 Å². The highest BCUT2D eigenvalue weighted by molar-refractivity contribution is 5.75. The number of urea groups is 1. The highest BCUT2D eigenvalue weighted by Crippen LogP contribution is 2.40. The van der Waals surface area contributed by atoms with E-state index in [1.807, 2.05) is 18.2 Å². The lowest BCUT2D eigenvalue weighted by molar-refractivity contribution is 0.240. The number of nitrogens with one attached hydrogen (secondary N) is 2. The zero-order chi connectivity index (χ0) is 17.8. The first-order chi connectivity index (χ1) is 12.1. The Labute approximate surface area is 146 Å². The average molecular weight is 344 g/mol. The monoisotopic (exact) mass is 344 g/mol. The van der Waals surface area contributed by atoms with E-state index in [0.717, 1.165) is 17.5 Å². The summed E-state index contributed by atoms with van der Waals surface area (Å²) in [5.74, 6) is 1.20. The summed E-state index contributed by atoms with van der Waals surface area (Å²) >= 11 is 0. The van der Waals surface area contributed by atoms with Gasteiger partial charge in [0.05, 0.1) is 14.2 Å². The Morgan fingerprint density at radius 3 is 2.68 bits per heavy atom. The Morgan fingerprint density at radius 1 is 1.16 bits per heavy atom. The van der Waals surface area contributed by atoms with Crippen molar-refractivity contribution in [1.82, 2.24) is 10.6 Å². The molecular weight excluding hydrogens is 323 g/mol. The first-order valence-corrected chi connectivity index (χ1v) is 8.11. The maximum absolute atomic E-state index is 13.3. The van der Waals surface area contributed by atoms with E-state index in [2.05, 4.69) is 10.6 Å². The second-order valence-electron chi connectivity index (χ2n) is 6.02. The number of amides is 2. The molecule has 5 nitrogen and oxygen atoms in total. The summed E-state index contributed by atoms with van der Waals surface area (Å²) in [6.07, 6.45) is 0.827. The molecule has 0 bridgehead atoms. The largest absolute Gasteiger partial charge is 0.493 e. The summed E-state index contributed by atoms with van der Waals surface area (Å²) < 4.78 is 23.7. The Kier molecular flexibility index (Phi) is 5.07. The third-order valence-corrected chi connectivity index (χ3v) is 4.28. The number of ether oxygens (including phenoxy) is 2. The van der Waals surface area contributed by atoms with Crippen LogP contribution in [-0.4, -0.2) is 26.3 Å². The molecule has 3 rings (SSSR count). The van der Waals surface area contributed by atoms with Crippen LogP contribution in [0.1, 0.15) is 23.5 Å². The van der Waals surface area contributed by atoms with Crippen LogP contribution in [0.15, 0.2) is 42.5 Å². The van der Waals surface area contributed by atoms with Gasteiger partial charge in [-0.1, -0.05) is 18.2 Å². The minimum absolute atomic E-state index is 0.0483. The molecule has 2 unspecified atom stereocenters. The molecule has 1 fully saturated rings. The van der Waals surface area contributed by atoms with E-state index in [-0.39, 0.29) is 23.8 Å². The standard InChI is InChI=1S/C19H21FN2O3/c1-24-17-7-6-12(8-18(17)25-2)11-21-19(23)22-16-10-15(16)13-4-3-5-14(20)9-13/h3-9,15-16H,10-11H2,1-2H3,(H2,21,22,23). The van der Waals surface area contributed by atoms with Crippen LogP contribution >= 0.6 is 0 Å². The average Bonchev–Trinajstić information content (AvgIpc) is 3.38. The molecule has 2 atom stereocenters. The Balaban J connectivity index is 1.49. The molecular formula is C19H21FN2O3. The molecule has 1 aliphatic carbocycles. The highest BCUT2D eigenvalue weighted by atomic mass is 19.1. The smallest absolute Gasteiger partial charge is 0.315 e. The molecule has 1 saturated carbocycles. The van der Waals surface area contributed by atoms with Gasteiger partial charge < -0.3 is 20.1 Å². The van der Waals surface area contributed by atoms with E-state index in [0.29, 0.717) is 18.0 Å². The van der Waals surface area contributed by atoms with E-state index < -0.39 is 0 Å². The molecule has 0 saturated heterocycles. The van der Waals surface area contributed by atoms with Crippen LogP contribution in [0.3, 0.4) is 0 Å². The van der Waals surface area contributed by atoms with E-state index in [4.69, 9.17) is 9.47 Å². The Hall–Kier alpha value is -2.76. The third-order valence-electron chi connectivity index (χ3n) is 4.28. The van der Waals surface area contributed by atoms with Crippen LogP contribution in [-0.2, 0) is 6.54 Å². The van der Waals surface area contributed by atoms with Crippen molar-refractivity contribution in [2.45, 2.75) is 24.9 Å². The summed E-state index contributed by atoms with van der Waals surface area (Å²) in [6, 6.07) is 11.8. The maximum Gasteiger partial charge on any atom is 0.315 e. The third kappa shape index (κ3) is 4.21. The van der Waals surface area contributed by atoms with Gasteiger partial charge in [0.1, 0.15) is 5.82 Å². The molecule has 2 aromatic carbocycles. The van der Waals surface area contributed by atoms with Gasteiger partial charge in [-0.3, -0.25) is 0 Å². The fraction of sp³-hybridized carbons (Fsp3) is 0.316. The minimum Gasteiger partial charge on any atom is -0.493 e. The van der Waals surface area contributed by atoms with Gasteiger partial charge in [-0.15, -0.1) is 0 Å². The van der Waals surface area contributed by atoms with Crippen molar-refractivity contribution < 1.29 is 18.7 Å². The van der Waals surface area contributed by atoms with Crippen molar-refractivity contribution in [2.24, 2.45) is 0 Å². The molecule has 6 heteroatoms. The number of methoxy groups -OCH3 is 2. The van der Waals surface area contributed by atoms with Crippen LogP contribution in [0, 0.1) is 5.82 Å². The minimum atomic E-state index is -0.249. The lowest BCUT2D eigenvalue weighted by Gasteiger charge is -2.11. The number of halogens is 1. The van der Waals surface area contributed by atoms with Crippen LogP contribution in [0.2, 0.25) is 0 Å². The van der Waals surface area contributed by atoms with Crippen LogP contribution in [0.25, 0.3) is 0 Å². The molecule has 0 aliphatic heterocycles. The number of rotatable bonds is 6. The summed E-state index contributed by atoms with van der Waals surface area (Å²) in [5.41, 5.74) is 1.83. The van der Waals surface area contributed by atoms with Gasteiger partial charge in [-0.25, -0.2) is 9.18 Å². The van der Waals surface area contributed by atoms with Crippen molar-refractivity contribution in [3.8, 4) is 11.5 Å². The Bertz CT molecular complexity index is 766. The molecule has 2 amide bonds. The predicted molar refractivity (Wildman–Crippen MR) is 92.5 cm³/mol. The zero-order valence-corrected chi connectivity index (χ0v) is 14.2. The topological polar surface area (TPSA) is 59.6 Å². The van der Waals surface area contributed by atoms with Crippen molar-refractivity contribution in [3.05, 3.63) is 59.4 Å². The SMILES string of the molecule is COc1ccc(CNC(=O)NC2CC2c2cccc(F)c2)cc1OC. The summed E-state index contributed by atoms with van der Waals surface area (Å²) in [6.45, 7) is 0.379. The molecule has 2 aromatic rings. The van der Waals surface area contributed by atoms with Crippen molar-refractivity contribution in [2.75, 3.05) is 14.2 Å². The zero-order valence-electron chi connectivity index (χ0n) is 14.2. The lowest BCUT2D eigenvalue weighted by Crippen LogP contribution is -2.36. The number of carbonyl (C=O) groups excluding carboxylic acids is 1. The second-order valence-corrected chi connectivity index (χ2v) is 6.02. The molecule has 0 aromatic heterocycles. The number of benzene rings is 2. The van der Waals surface area contributed by atoms with Gasteiger partial charge in [-0.2, -0.15) is 0 Å². The van der Waals surface area contributed by atoms with Crippen LogP contribution < -0.4 is 20.1 Å². The van der Waals surface area contributed by atoms with Gasteiger partial charge in [0, 0.05) is 18.5 Å². The van der Waals surface area contributed by atoms with Crippen molar-refractivity contribution in [1.29, 1.82) is 0 Å². The predicted octanol–water partition coefficient (Wildman–Crippen LogP) is 3.20. The fourth-order valence-electron chi connectivity index (χ4n) is 2.85. The van der Waals surface area contributed by atoms with Gasteiger partial charge in [-0.05, 0) is 41.8 Å². The van der Waals surface area contributed by atoms with E-state index in [9.17, 15) is 9.18 Å². The quantitative estimate of drug-likeness (QED) is 0.846. The fourth-order valence-corrected chi connectivity index (χ4v) is 2.85. The maximum atomic E-state index is 13.3. The molecule has 25 heavy (non-hydrogen) atoms. The highest BCUT2D eigenvalue weighted by Gasteiger charge is 2.39. The molecule has 0 heterocycles.